The molecule has 0 saturated carbocycles. The van der Waals surface area contributed by atoms with Gasteiger partial charge < -0.3 is 10.1 Å². The molecule has 3 aromatic rings. The van der Waals surface area contributed by atoms with Gasteiger partial charge in [0.05, 0.1) is 16.8 Å². The average Bonchev–Trinajstić information content (AvgIpc) is 2.76. The highest BCUT2D eigenvalue weighted by atomic mass is 35.5. The molecule has 0 saturated heterocycles. The molecule has 0 fully saturated rings. The fourth-order valence-electron chi connectivity index (χ4n) is 2.55. The van der Waals surface area contributed by atoms with Crippen molar-refractivity contribution in [3.05, 3.63) is 92.4 Å². The second-order valence-corrected chi connectivity index (χ2v) is 7.95. The molecule has 2 amide bonds. The van der Waals surface area contributed by atoms with Crippen molar-refractivity contribution in [2.45, 2.75) is 6.92 Å². The first kappa shape index (κ1) is 24.3. The van der Waals surface area contributed by atoms with E-state index < -0.39 is 17.8 Å². The molecule has 0 aliphatic rings. The lowest BCUT2D eigenvalue weighted by Crippen LogP contribution is -2.32. The van der Waals surface area contributed by atoms with Crippen molar-refractivity contribution in [2.24, 2.45) is 5.10 Å². The van der Waals surface area contributed by atoms with E-state index in [0.29, 0.717) is 21.3 Å². The summed E-state index contributed by atoms with van der Waals surface area (Å²) < 4.78 is 5.32. The number of benzene rings is 3. The van der Waals surface area contributed by atoms with Crippen LogP contribution in [0.5, 0.6) is 5.75 Å². The van der Waals surface area contributed by atoms with Crippen LogP contribution in [0.1, 0.15) is 21.5 Å². The zero-order valence-electron chi connectivity index (χ0n) is 17.1. The zero-order chi connectivity index (χ0) is 24.0. The van der Waals surface area contributed by atoms with Crippen molar-refractivity contribution in [2.75, 3.05) is 5.32 Å². The summed E-state index contributed by atoms with van der Waals surface area (Å²) in [7, 11) is 0. The summed E-state index contributed by atoms with van der Waals surface area (Å²) in [6.07, 6.45) is 1.29. The highest BCUT2D eigenvalue weighted by molar-refractivity contribution is 6.40. The maximum atomic E-state index is 12.3. The summed E-state index contributed by atoms with van der Waals surface area (Å²) in [4.78, 5) is 36.3. The van der Waals surface area contributed by atoms with Crippen molar-refractivity contribution in [1.29, 1.82) is 0 Å². The van der Waals surface area contributed by atoms with Gasteiger partial charge in [-0.1, -0.05) is 53.0 Å². The van der Waals surface area contributed by atoms with Crippen molar-refractivity contribution in [3.63, 3.8) is 0 Å². The van der Waals surface area contributed by atoms with Crippen LogP contribution in [0, 0.1) is 6.92 Å². The molecule has 10 heteroatoms. The third kappa shape index (κ3) is 6.79. The monoisotopic (exact) mass is 503 g/mol. The Hall–Kier alpha value is -3.39. The van der Waals surface area contributed by atoms with Gasteiger partial charge in [-0.3, -0.25) is 9.59 Å². The number of carbonyl (C=O) groups is 3. The first-order chi connectivity index (χ1) is 15.7. The number of amides is 2. The first-order valence-corrected chi connectivity index (χ1v) is 10.5. The van der Waals surface area contributed by atoms with Gasteiger partial charge >= 0.3 is 17.8 Å². The predicted octanol–water partition coefficient (Wildman–Crippen LogP) is 5.26. The Morgan fingerprint density at radius 2 is 1.70 bits per heavy atom. The number of aryl methyl sites for hydroxylation is 1. The maximum Gasteiger partial charge on any atom is 0.345 e. The van der Waals surface area contributed by atoms with Gasteiger partial charge in [0.1, 0.15) is 5.75 Å². The van der Waals surface area contributed by atoms with Gasteiger partial charge in [-0.25, -0.2) is 10.2 Å². The molecule has 3 rings (SSSR count). The molecule has 0 aromatic heterocycles. The summed E-state index contributed by atoms with van der Waals surface area (Å²) in [6, 6.07) is 15.7. The van der Waals surface area contributed by atoms with Crippen molar-refractivity contribution in [3.8, 4) is 5.75 Å². The fraction of sp³-hybridized carbons (Fsp3) is 0.0435. The molecule has 0 unspecified atom stereocenters. The van der Waals surface area contributed by atoms with Gasteiger partial charge in [0.2, 0.25) is 0 Å². The molecule has 0 spiro atoms. The number of halogens is 3. The van der Waals surface area contributed by atoms with E-state index in [1.807, 2.05) is 6.92 Å². The van der Waals surface area contributed by atoms with Crippen LogP contribution in [0.4, 0.5) is 5.69 Å². The third-order valence-electron chi connectivity index (χ3n) is 4.24. The number of hydrogen-bond acceptors (Lipinski definition) is 5. The van der Waals surface area contributed by atoms with E-state index in [2.05, 4.69) is 15.8 Å². The molecule has 3 aromatic carbocycles. The highest BCUT2D eigenvalue weighted by Crippen LogP contribution is 2.23. The number of hydrazone groups is 1. The van der Waals surface area contributed by atoms with Crippen LogP contribution < -0.4 is 15.5 Å². The third-order valence-corrected chi connectivity index (χ3v) is 5.19. The Kier molecular flexibility index (Phi) is 8.06. The molecule has 0 bridgehead atoms. The van der Waals surface area contributed by atoms with E-state index in [1.165, 1.54) is 36.5 Å². The molecule has 33 heavy (non-hydrogen) atoms. The van der Waals surface area contributed by atoms with Crippen LogP contribution in [0.3, 0.4) is 0 Å². The Bertz CT molecular complexity index is 1260. The second-order valence-electron chi connectivity index (χ2n) is 6.70. The SMILES string of the molecule is Cc1ccc(NC(=O)C(=O)N/N=C/c2cccc(OC(=O)c3ccc(Cl)cc3Cl)c2)cc1Cl. The normalized spacial score (nSPS) is 10.7. The average molecular weight is 505 g/mol. The first-order valence-electron chi connectivity index (χ1n) is 9.41. The van der Waals surface area contributed by atoms with E-state index >= 15 is 0 Å². The zero-order valence-corrected chi connectivity index (χ0v) is 19.3. The number of nitrogens with one attached hydrogen (secondary N) is 2. The molecule has 2 N–H and O–H groups in total. The summed E-state index contributed by atoms with van der Waals surface area (Å²) in [5, 5.41) is 7.20. The highest BCUT2D eigenvalue weighted by Gasteiger charge is 2.14. The number of anilines is 1. The minimum Gasteiger partial charge on any atom is -0.423 e. The van der Waals surface area contributed by atoms with E-state index in [-0.39, 0.29) is 16.3 Å². The van der Waals surface area contributed by atoms with Crippen molar-refractivity contribution >= 4 is 64.5 Å². The van der Waals surface area contributed by atoms with Gasteiger partial charge in [-0.15, -0.1) is 0 Å². The number of esters is 1. The Morgan fingerprint density at radius 3 is 2.42 bits per heavy atom. The summed E-state index contributed by atoms with van der Waals surface area (Å²) in [6.45, 7) is 1.82. The number of nitrogens with zero attached hydrogens (tertiary/aromatic N) is 1. The molecule has 168 valence electrons. The molecule has 0 radical (unpaired) electrons. The van der Waals surface area contributed by atoms with E-state index in [0.717, 1.165) is 5.56 Å². The number of hydrogen-bond donors (Lipinski definition) is 2. The molecule has 0 aliphatic heterocycles. The van der Waals surface area contributed by atoms with Gasteiger partial charge in [-0.05, 0) is 60.5 Å². The van der Waals surface area contributed by atoms with Gasteiger partial charge in [0.15, 0.2) is 0 Å². The lowest BCUT2D eigenvalue weighted by Gasteiger charge is -2.07. The molecule has 0 aliphatic carbocycles. The van der Waals surface area contributed by atoms with Crippen LogP contribution in [-0.2, 0) is 9.59 Å². The lowest BCUT2D eigenvalue weighted by atomic mass is 10.2. The number of carbonyl (C=O) groups excluding carboxylic acids is 3. The van der Waals surface area contributed by atoms with Crippen LogP contribution in [0.2, 0.25) is 15.1 Å². The van der Waals surface area contributed by atoms with Crippen LogP contribution in [0.25, 0.3) is 0 Å². The second kappa shape index (κ2) is 11.0. The van der Waals surface area contributed by atoms with Crippen LogP contribution in [-0.4, -0.2) is 24.0 Å². The molecule has 0 heterocycles. The molecule has 7 nitrogen and oxygen atoms in total. The van der Waals surface area contributed by atoms with Crippen LogP contribution >= 0.6 is 34.8 Å². The minimum absolute atomic E-state index is 0.160. The summed E-state index contributed by atoms with van der Waals surface area (Å²) >= 11 is 17.9. The van der Waals surface area contributed by atoms with Gasteiger partial charge in [0, 0.05) is 15.7 Å². The number of rotatable bonds is 5. The fourth-order valence-corrected chi connectivity index (χ4v) is 3.22. The molecular weight excluding hydrogens is 489 g/mol. The Labute approximate surface area is 204 Å². The quantitative estimate of drug-likeness (QED) is 0.163. The standard InChI is InChI=1S/C23H16Cl3N3O4/c1-13-5-7-16(11-19(13)25)28-21(30)22(31)29-27-12-14-3-2-4-17(9-14)33-23(32)18-8-6-15(24)10-20(18)26/h2-12H,1H3,(H,28,30)(H,29,31)/b27-12+. The van der Waals surface area contributed by atoms with E-state index in [9.17, 15) is 14.4 Å². The molecular formula is C23H16Cl3N3O4. The van der Waals surface area contributed by atoms with Crippen molar-refractivity contribution in [1.82, 2.24) is 5.43 Å². The molecule has 0 atom stereocenters. The maximum absolute atomic E-state index is 12.3. The minimum atomic E-state index is -0.970. The topological polar surface area (TPSA) is 96.9 Å². The summed E-state index contributed by atoms with van der Waals surface area (Å²) in [5.74, 6) is -2.31. The van der Waals surface area contributed by atoms with Gasteiger partial charge in [0.25, 0.3) is 0 Å². The Morgan fingerprint density at radius 1 is 0.909 bits per heavy atom. The smallest absolute Gasteiger partial charge is 0.345 e. The Balaban J connectivity index is 1.58. The van der Waals surface area contributed by atoms with E-state index in [1.54, 1.807) is 30.3 Å². The van der Waals surface area contributed by atoms with E-state index in [4.69, 9.17) is 39.5 Å². The number of ether oxygens (including phenoxy) is 1. The van der Waals surface area contributed by atoms with Crippen molar-refractivity contribution < 1.29 is 19.1 Å². The predicted molar refractivity (Wildman–Crippen MR) is 128 cm³/mol. The largest absolute Gasteiger partial charge is 0.423 e. The van der Waals surface area contributed by atoms with Crippen LogP contribution in [0.15, 0.2) is 65.8 Å². The lowest BCUT2D eigenvalue weighted by molar-refractivity contribution is -0.136. The van der Waals surface area contributed by atoms with Gasteiger partial charge in [-0.2, -0.15) is 5.10 Å². The summed E-state index contributed by atoms with van der Waals surface area (Å²) in [5.41, 5.74) is 4.01.